The Morgan fingerprint density at radius 3 is 1.98 bits per heavy atom. The van der Waals surface area contributed by atoms with Gasteiger partial charge in [0.15, 0.2) is 0 Å². The van der Waals surface area contributed by atoms with Crippen molar-refractivity contribution < 1.29 is 32.9 Å². The molecule has 3 N–H and O–H groups in total. The average Bonchev–Trinajstić information content (AvgIpc) is 2.94. The number of carbonyl (C=O) groups is 1. The van der Waals surface area contributed by atoms with Crippen LogP contribution in [0.25, 0.3) is 0 Å². The molecule has 0 saturated heterocycles. The number of hydrogen-bond acceptors (Lipinski definition) is 5. The summed E-state index contributed by atoms with van der Waals surface area (Å²) in [6.45, 7) is 4.56. The second-order valence-electron chi connectivity index (χ2n) is 12.1. The van der Waals surface area contributed by atoms with Gasteiger partial charge in [0.2, 0.25) is 5.91 Å². The zero-order chi connectivity index (χ0) is 32.2. The van der Waals surface area contributed by atoms with Crippen molar-refractivity contribution in [1.29, 1.82) is 0 Å². The van der Waals surface area contributed by atoms with E-state index in [-0.39, 0.29) is 19.1 Å². The summed E-state index contributed by atoms with van der Waals surface area (Å²) in [7, 11) is 1.52. The van der Waals surface area contributed by atoms with Gasteiger partial charge in [-0.3, -0.25) is 13.8 Å². The lowest BCUT2D eigenvalue weighted by atomic mass is 10.1. The molecule has 1 amide bonds. The number of amides is 1. The maximum atomic E-state index is 12.7. The van der Waals surface area contributed by atoms with E-state index in [1.165, 1.54) is 12.8 Å². The second-order valence-corrected chi connectivity index (χ2v) is 13.6. The van der Waals surface area contributed by atoms with Crippen LogP contribution in [0.2, 0.25) is 0 Å². The molecule has 250 valence electrons. The van der Waals surface area contributed by atoms with Crippen molar-refractivity contribution in [2.45, 2.75) is 122 Å². The molecule has 3 atom stereocenters. The minimum absolute atomic E-state index is 0.0499. The molecule has 0 rings (SSSR count). The highest BCUT2D eigenvalue weighted by Crippen LogP contribution is 2.43. The van der Waals surface area contributed by atoms with Crippen molar-refractivity contribution in [3.05, 3.63) is 48.6 Å². The molecule has 3 unspecified atom stereocenters. The van der Waals surface area contributed by atoms with Crippen molar-refractivity contribution in [2.24, 2.45) is 0 Å². The van der Waals surface area contributed by atoms with Gasteiger partial charge in [-0.1, -0.05) is 94.6 Å². The highest BCUT2D eigenvalue weighted by molar-refractivity contribution is 7.47. The summed E-state index contributed by atoms with van der Waals surface area (Å²) in [6.07, 6.45) is 30.4. The SMILES string of the molecule is CC/C=C/CC/C=C/CC/C=C/C(O)C(COP(=O)(O)OCC[N+](C)(C)C)NC(=O)CCCCCCC/C=C\CCCC. The first kappa shape index (κ1) is 41.5. The summed E-state index contributed by atoms with van der Waals surface area (Å²) in [5, 5.41) is 13.6. The van der Waals surface area contributed by atoms with Crippen molar-refractivity contribution in [3.8, 4) is 0 Å². The van der Waals surface area contributed by atoms with E-state index in [1.54, 1.807) is 6.08 Å². The summed E-state index contributed by atoms with van der Waals surface area (Å²) in [6, 6.07) is -0.869. The zero-order valence-corrected chi connectivity index (χ0v) is 28.8. The van der Waals surface area contributed by atoms with Gasteiger partial charge in [0.25, 0.3) is 0 Å². The van der Waals surface area contributed by atoms with Crippen LogP contribution >= 0.6 is 7.82 Å². The van der Waals surface area contributed by atoms with E-state index < -0.39 is 20.0 Å². The first-order chi connectivity index (χ1) is 20.5. The summed E-state index contributed by atoms with van der Waals surface area (Å²) < 4.78 is 23.3. The average molecular weight is 628 g/mol. The topological polar surface area (TPSA) is 105 Å². The van der Waals surface area contributed by atoms with E-state index in [0.717, 1.165) is 77.0 Å². The molecule has 0 saturated carbocycles. The van der Waals surface area contributed by atoms with Crippen molar-refractivity contribution >= 4 is 13.7 Å². The molecule has 8 nitrogen and oxygen atoms in total. The fraction of sp³-hybridized carbons (Fsp3) is 0.735. The fourth-order valence-electron chi connectivity index (χ4n) is 4.06. The van der Waals surface area contributed by atoms with E-state index in [4.69, 9.17) is 9.05 Å². The standard InChI is InChI=1S/C34H63N2O6P/c1-6-8-10-12-14-16-18-20-22-24-26-28-34(38)35-32(31-42-43(39,40)41-30-29-36(3,4)5)33(37)27-25-23-21-19-17-15-13-11-9-7-2/h9,11-12,14,17,19,25,27,32-33,37H,6-8,10,13,15-16,18,20-24,26,28-31H2,1-5H3,(H-,35,38,39,40)/p+1/b11-9+,14-12-,19-17+,27-25+. The molecular weight excluding hydrogens is 563 g/mol. The van der Waals surface area contributed by atoms with Gasteiger partial charge >= 0.3 is 7.82 Å². The normalized spacial score (nSPS) is 15.6. The Labute approximate surface area is 263 Å². The molecule has 0 aromatic rings. The molecular formula is C34H64N2O6P+. The lowest BCUT2D eigenvalue weighted by molar-refractivity contribution is -0.870. The number of aliphatic hydroxyl groups excluding tert-OH is 1. The van der Waals surface area contributed by atoms with E-state index in [9.17, 15) is 19.4 Å². The van der Waals surface area contributed by atoms with Crippen molar-refractivity contribution in [3.63, 3.8) is 0 Å². The Bertz CT molecular complexity index is 850. The monoisotopic (exact) mass is 627 g/mol. The van der Waals surface area contributed by atoms with Crippen LogP contribution in [0.3, 0.4) is 0 Å². The quantitative estimate of drug-likeness (QED) is 0.0354. The molecule has 0 aliphatic rings. The Hall–Kier alpha value is -1.54. The van der Waals surface area contributed by atoms with Crippen LogP contribution in [0.1, 0.15) is 110 Å². The molecule has 0 aliphatic heterocycles. The van der Waals surface area contributed by atoms with Crippen LogP contribution in [-0.4, -0.2) is 73.4 Å². The van der Waals surface area contributed by atoms with Crippen LogP contribution in [0.15, 0.2) is 48.6 Å². The lowest BCUT2D eigenvalue weighted by Crippen LogP contribution is -2.45. The van der Waals surface area contributed by atoms with Gasteiger partial charge in [-0.25, -0.2) is 4.57 Å². The highest BCUT2D eigenvalue weighted by atomic mass is 31.2. The summed E-state index contributed by atoms with van der Waals surface area (Å²) >= 11 is 0. The van der Waals surface area contributed by atoms with Gasteiger partial charge in [-0.15, -0.1) is 0 Å². The van der Waals surface area contributed by atoms with E-state index in [2.05, 4.69) is 55.6 Å². The van der Waals surface area contributed by atoms with Crippen LogP contribution in [0, 0.1) is 0 Å². The molecule has 0 spiro atoms. The molecule has 0 bridgehead atoms. The molecule has 43 heavy (non-hydrogen) atoms. The molecule has 0 aromatic heterocycles. The summed E-state index contributed by atoms with van der Waals surface area (Å²) in [4.78, 5) is 22.8. The molecule has 0 aliphatic carbocycles. The third-order valence-electron chi connectivity index (χ3n) is 6.76. The summed E-state index contributed by atoms with van der Waals surface area (Å²) in [5.41, 5.74) is 0. The van der Waals surface area contributed by atoms with Gasteiger partial charge in [0.1, 0.15) is 13.2 Å². The Kier molecular flexibility index (Phi) is 25.9. The molecule has 9 heteroatoms. The van der Waals surface area contributed by atoms with Gasteiger partial charge in [0.05, 0.1) is 39.9 Å². The smallest absolute Gasteiger partial charge is 0.387 e. The van der Waals surface area contributed by atoms with Crippen LogP contribution in [0.4, 0.5) is 0 Å². The number of quaternary nitrogens is 1. The molecule has 0 fully saturated rings. The predicted octanol–water partition coefficient (Wildman–Crippen LogP) is 7.79. The third kappa shape index (κ3) is 29.0. The van der Waals surface area contributed by atoms with Crippen LogP contribution in [-0.2, 0) is 18.4 Å². The van der Waals surface area contributed by atoms with Crippen molar-refractivity contribution in [1.82, 2.24) is 5.32 Å². The number of unbranched alkanes of at least 4 members (excludes halogenated alkanes) is 9. The number of likely N-dealkylation sites (N-methyl/N-ethyl adjacent to an activating group) is 1. The highest BCUT2D eigenvalue weighted by Gasteiger charge is 2.27. The second kappa shape index (κ2) is 26.8. The summed E-state index contributed by atoms with van der Waals surface area (Å²) in [5.74, 6) is -0.210. The number of aliphatic hydroxyl groups is 1. The van der Waals surface area contributed by atoms with Crippen molar-refractivity contribution in [2.75, 3.05) is 40.9 Å². The maximum absolute atomic E-state index is 12.7. The van der Waals surface area contributed by atoms with E-state index in [0.29, 0.717) is 17.4 Å². The van der Waals surface area contributed by atoms with E-state index >= 15 is 0 Å². The van der Waals surface area contributed by atoms with Gasteiger partial charge in [0, 0.05) is 6.42 Å². The minimum atomic E-state index is -4.33. The van der Waals surface area contributed by atoms with Crippen LogP contribution < -0.4 is 5.32 Å². The molecule has 0 aromatic carbocycles. The number of hydrogen-bond donors (Lipinski definition) is 3. The lowest BCUT2D eigenvalue weighted by Gasteiger charge is -2.25. The number of phosphoric acid groups is 1. The minimum Gasteiger partial charge on any atom is -0.387 e. The first-order valence-corrected chi connectivity index (χ1v) is 18.0. The van der Waals surface area contributed by atoms with Crippen LogP contribution in [0.5, 0.6) is 0 Å². The predicted molar refractivity (Wildman–Crippen MR) is 180 cm³/mol. The first-order valence-electron chi connectivity index (χ1n) is 16.5. The fourth-order valence-corrected chi connectivity index (χ4v) is 4.79. The van der Waals surface area contributed by atoms with E-state index in [1.807, 2.05) is 27.2 Å². The van der Waals surface area contributed by atoms with Gasteiger partial charge in [-0.05, 0) is 57.8 Å². The molecule has 0 radical (unpaired) electrons. The Morgan fingerprint density at radius 1 is 0.791 bits per heavy atom. The third-order valence-corrected chi connectivity index (χ3v) is 7.74. The molecule has 0 heterocycles. The number of nitrogens with one attached hydrogen (secondary N) is 1. The Balaban J connectivity index is 4.72. The van der Waals surface area contributed by atoms with Gasteiger partial charge in [-0.2, -0.15) is 0 Å². The van der Waals surface area contributed by atoms with Gasteiger partial charge < -0.3 is 19.8 Å². The maximum Gasteiger partial charge on any atom is 0.472 e. The zero-order valence-electron chi connectivity index (χ0n) is 27.9. The number of phosphoric ester groups is 1. The number of allylic oxidation sites excluding steroid dienone is 7. The Morgan fingerprint density at radius 2 is 1.35 bits per heavy atom. The largest absolute Gasteiger partial charge is 0.472 e. The number of nitrogens with zero attached hydrogens (tertiary/aromatic N) is 1. The number of rotatable bonds is 28. The number of carbonyl (C=O) groups excluding carboxylic acids is 1.